The molecular formula is C19H14BrF2NO2S. The second-order valence-electron chi connectivity index (χ2n) is 5.92. The number of hydrogen-bond donors (Lipinski definition) is 0. The normalized spacial score (nSPS) is 11.6. The SMILES string of the molecule is Cc1cc(-c2ccncc2-c2cc(F)c(S(C)(=O)=O)cc2F)ccc1Br. The van der Waals surface area contributed by atoms with Gasteiger partial charge in [0.15, 0.2) is 9.84 Å². The molecule has 26 heavy (non-hydrogen) atoms. The first-order valence-corrected chi connectivity index (χ1v) is 10.3. The summed E-state index contributed by atoms with van der Waals surface area (Å²) in [6.07, 6.45) is 3.84. The molecule has 2 aromatic carbocycles. The van der Waals surface area contributed by atoms with Gasteiger partial charge in [0.1, 0.15) is 16.5 Å². The molecule has 3 rings (SSSR count). The number of sulfone groups is 1. The first kappa shape index (κ1) is 18.7. The van der Waals surface area contributed by atoms with E-state index in [1.165, 1.54) is 6.20 Å². The number of aryl methyl sites for hydroxylation is 1. The quantitative estimate of drug-likeness (QED) is 0.567. The van der Waals surface area contributed by atoms with Gasteiger partial charge in [0.25, 0.3) is 0 Å². The molecule has 0 bridgehead atoms. The van der Waals surface area contributed by atoms with Crippen molar-refractivity contribution in [2.24, 2.45) is 0 Å². The molecule has 0 radical (unpaired) electrons. The Kier molecular flexibility index (Phi) is 4.94. The fourth-order valence-electron chi connectivity index (χ4n) is 2.69. The van der Waals surface area contributed by atoms with Crippen LogP contribution < -0.4 is 0 Å². The molecule has 0 amide bonds. The van der Waals surface area contributed by atoms with Crippen molar-refractivity contribution in [1.29, 1.82) is 0 Å². The fraction of sp³-hybridized carbons (Fsp3) is 0.105. The molecule has 0 fully saturated rings. The van der Waals surface area contributed by atoms with Gasteiger partial charge in [-0.1, -0.05) is 28.1 Å². The van der Waals surface area contributed by atoms with Crippen molar-refractivity contribution in [2.45, 2.75) is 11.8 Å². The Morgan fingerprint density at radius 3 is 2.35 bits per heavy atom. The van der Waals surface area contributed by atoms with E-state index in [9.17, 15) is 17.2 Å². The molecule has 0 aliphatic heterocycles. The molecule has 134 valence electrons. The number of hydrogen-bond acceptors (Lipinski definition) is 3. The zero-order valence-corrected chi connectivity index (χ0v) is 16.3. The summed E-state index contributed by atoms with van der Waals surface area (Å²) in [6, 6.07) is 8.97. The number of rotatable bonds is 3. The molecule has 0 saturated heterocycles. The van der Waals surface area contributed by atoms with Crippen LogP contribution in [0.1, 0.15) is 5.56 Å². The highest BCUT2D eigenvalue weighted by atomic mass is 79.9. The highest BCUT2D eigenvalue weighted by Crippen LogP contribution is 2.35. The Morgan fingerprint density at radius 2 is 1.69 bits per heavy atom. The Labute approximate surface area is 158 Å². The topological polar surface area (TPSA) is 47.0 Å². The van der Waals surface area contributed by atoms with Crippen molar-refractivity contribution < 1.29 is 17.2 Å². The Hall–Kier alpha value is -2.12. The summed E-state index contributed by atoms with van der Waals surface area (Å²) in [4.78, 5) is 3.35. The number of halogens is 3. The van der Waals surface area contributed by atoms with Crippen molar-refractivity contribution in [2.75, 3.05) is 6.26 Å². The third kappa shape index (κ3) is 3.54. The van der Waals surface area contributed by atoms with Gasteiger partial charge in [-0.15, -0.1) is 0 Å². The molecule has 1 aromatic heterocycles. The molecule has 0 aliphatic rings. The monoisotopic (exact) mass is 437 g/mol. The highest BCUT2D eigenvalue weighted by molar-refractivity contribution is 9.10. The standard InChI is InChI=1S/C19H14BrF2NO2S/c1-11-7-12(3-4-16(11)20)13-5-6-23-10-15(13)14-8-18(22)19(9-17(14)21)26(2,24)25/h3-10H,1-2H3. The van der Waals surface area contributed by atoms with Gasteiger partial charge in [-0.2, -0.15) is 0 Å². The molecule has 0 saturated carbocycles. The third-order valence-electron chi connectivity index (χ3n) is 4.00. The molecule has 0 unspecified atom stereocenters. The molecule has 1 heterocycles. The first-order valence-electron chi connectivity index (χ1n) is 7.58. The summed E-state index contributed by atoms with van der Waals surface area (Å²) in [7, 11) is -3.86. The van der Waals surface area contributed by atoms with Crippen LogP contribution in [0, 0.1) is 18.6 Å². The van der Waals surface area contributed by atoms with Crippen LogP contribution in [-0.4, -0.2) is 19.7 Å². The largest absolute Gasteiger partial charge is 0.264 e. The van der Waals surface area contributed by atoms with Crippen LogP contribution in [0.2, 0.25) is 0 Å². The Morgan fingerprint density at radius 1 is 0.962 bits per heavy atom. The third-order valence-corrected chi connectivity index (χ3v) is 6.00. The van der Waals surface area contributed by atoms with E-state index in [1.54, 1.807) is 12.3 Å². The molecular weight excluding hydrogens is 424 g/mol. The van der Waals surface area contributed by atoms with Crippen LogP contribution >= 0.6 is 15.9 Å². The Bertz CT molecular complexity index is 1110. The second-order valence-corrected chi connectivity index (χ2v) is 8.76. The predicted molar refractivity (Wildman–Crippen MR) is 101 cm³/mol. The van der Waals surface area contributed by atoms with Crippen LogP contribution in [0.4, 0.5) is 8.78 Å². The maximum Gasteiger partial charge on any atom is 0.178 e. The molecule has 0 atom stereocenters. The van der Waals surface area contributed by atoms with Crippen molar-refractivity contribution in [3.05, 3.63) is 70.5 Å². The van der Waals surface area contributed by atoms with E-state index in [0.717, 1.165) is 27.9 Å². The van der Waals surface area contributed by atoms with Gasteiger partial charge in [0, 0.05) is 34.2 Å². The van der Waals surface area contributed by atoms with Crippen LogP contribution in [0.25, 0.3) is 22.3 Å². The maximum atomic E-state index is 14.6. The van der Waals surface area contributed by atoms with Gasteiger partial charge >= 0.3 is 0 Å². The van der Waals surface area contributed by atoms with Crippen LogP contribution in [0.3, 0.4) is 0 Å². The first-order chi connectivity index (χ1) is 12.2. The number of aromatic nitrogens is 1. The zero-order valence-electron chi connectivity index (χ0n) is 13.9. The molecule has 3 aromatic rings. The van der Waals surface area contributed by atoms with Crippen LogP contribution in [0.5, 0.6) is 0 Å². The summed E-state index contributed by atoms with van der Waals surface area (Å²) in [5.74, 6) is -1.82. The lowest BCUT2D eigenvalue weighted by molar-refractivity contribution is 0.557. The van der Waals surface area contributed by atoms with Crippen molar-refractivity contribution in [3.8, 4) is 22.3 Å². The lowest BCUT2D eigenvalue weighted by atomic mass is 9.95. The van der Waals surface area contributed by atoms with E-state index in [-0.39, 0.29) is 5.56 Å². The van der Waals surface area contributed by atoms with Gasteiger partial charge < -0.3 is 0 Å². The highest BCUT2D eigenvalue weighted by Gasteiger charge is 2.20. The summed E-state index contributed by atoms with van der Waals surface area (Å²) < 4.78 is 53.0. The van der Waals surface area contributed by atoms with E-state index in [1.807, 2.05) is 25.1 Å². The van der Waals surface area contributed by atoms with Gasteiger partial charge in [-0.3, -0.25) is 4.98 Å². The predicted octanol–water partition coefficient (Wildman–Crippen LogP) is 5.17. The van der Waals surface area contributed by atoms with Gasteiger partial charge in [-0.25, -0.2) is 17.2 Å². The Balaban J connectivity index is 2.23. The number of nitrogens with zero attached hydrogens (tertiary/aromatic N) is 1. The van der Waals surface area contributed by atoms with Gasteiger partial charge in [0.2, 0.25) is 0 Å². The second kappa shape index (κ2) is 6.89. The molecule has 0 N–H and O–H groups in total. The van der Waals surface area contributed by atoms with Crippen molar-refractivity contribution >= 4 is 25.8 Å². The minimum atomic E-state index is -3.86. The van der Waals surface area contributed by atoms with Gasteiger partial charge in [0.05, 0.1) is 0 Å². The maximum absolute atomic E-state index is 14.6. The van der Waals surface area contributed by atoms with E-state index >= 15 is 0 Å². The smallest absolute Gasteiger partial charge is 0.178 e. The van der Waals surface area contributed by atoms with E-state index in [4.69, 9.17) is 0 Å². The fourth-order valence-corrected chi connectivity index (χ4v) is 3.67. The van der Waals surface area contributed by atoms with Gasteiger partial charge in [-0.05, 0) is 47.9 Å². The summed E-state index contributed by atoms with van der Waals surface area (Å²) in [5, 5.41) is 0. The summed E-state index contributed by atoms with van der Waals surface area (Å²) in [6.45, 7) is 1.93. The van der Waals surface area contributed by atoms with E-state index in [0.29, 0.717) is 17.2 Å². The number of benzene rings is 2. The van der Waals surface area contributed by atoms with E-state index in [2.05, 4.69) is 20.9 Å². The average molecular weight is 438 g/mol. The summed E-state index contributed by atoms with van der Waals surface area (Å²) in [5.41, 5.74) is 2.81. The molecule has 3 nitrogen and oxygen atoms in total. The molecule has 7 heteroatoms. The average Bonchev–Trinajstić information content (AvgIpc) is 2.58. The molecule has 0 spiro atoms. The summed E-state index contributed by atoms with van der Waals surface area (Å²) >= 11 is 3.43. The molecule has 0 aliphatic carbocycles. The minimum Gasteiger partial charge on any atom is -0.264 e. The lowest BCUT2D eigenvalue weighted by Crippen LogP contribution is -2.03. The minimum absolute atomic E-state index is 0.0430. The lowest BCUT2D eigenvalue weighted by Gasteiger charge is -2.13. The number of pyridine rings is 1. The van der Waals surface area contributed by atoms with Crippen LogP contribution in [-0.2, 0) is 9.84 Å². The van der Waals surface area contributed by atoms with Crippen molar-refractivity contribution in [1.82, 2.24) is 4.98 Å². The van der Waals surface area contributed by atoms with E-state index < -0.39 is 26.4 Å². The van der Waals surface area contributed by atoms with Crippen LogP contribution in [0.15, 0.2) is 58.2 Å². The van der Waals surface area contributed by atoms with Crippen molar-refractivity contribution in [3.63, 3.8) is 0 Å². The zero-order chi connectivity index (χ0) is 19.1.